The van der Waals surface area contributed by atoms with Crippen molar-refractivity contribution in [3.8, 4) is 0 Å². The van der Waals surface area contributed by atoms with Gasteiger partial charge in [0.2, 0.25) is 5.91 Å². The van der Waals surface area contributed by atoms with Crippen molar-refractivity contribution in [1.29, 1.82) is 0 Å². The van der Waals surface area contributed by atoms with Gasteiger partial charge in [-0.2, -0.15) is 0 Å². The third kappa shape index (κ3) is 4.88. The van der Waals surface area contributed by atoms with Crippen LogP contribution < -0.4 is 10.6 Å². The zero-order valence-electron chi connectivity index (χ0n) is 13.3. The van der Waals surface area contributed by atoms with Gasteiger partial charge in [0.05, 0.1) is 17.3 Å². The van der Waals surface area contributed by atoms with Gasteiger partial charge in [-0.1, -0.05) is 23.2 Å². The standard InChI is InChI=1S/C17H17Cl2N3O2/c1-22(2)17(24)11-3-6-13(7-4-11)21-16(23)10-20-15-9-12(18)5-8-14(15)19/h3-9,20H,10H2,1-2H3,(H,21,23). The van der Waals surface area contributed by atoms with Crippen LogP contribution in [0.4, 0.5) is 11.4 Å². The Morgan fingerprint density at radius 3 is 2.33 bits per heavy atom. The number of rotatable bonds is 5. The minimum absolute atomic E-state index is 0.0401. The molecule has 0 aromatic heterocycles. The molecule has 0 spiro atoms. The number of anilines is 2. The normalized spacial score (nSPS) is 10.2. The van der Waals surface area contributed by atoms with Crippen LogP contribution in [0.25, 0.3) is 0 Å². The highest BCUT2D eigenvalue weighted by molar-refractivity contribution is 6.35. The Kier molecular flexibility index (Phi) is 6.06. The van der Waals surface area contributed by atoms with E-state index in [1.54, 1.807) is 56.6 Å². The van der Waals surface area contributed by atoms with E-state index in [9.17, 15) is 9.59 Å². The van der Waals surface area contributed by atoms with E-state index < -0.39 is 0 Å². The molecule has 2 amide bonds. The molecule has 0 unspecified atom stereocenters. The average Bonchev–Trinajstić information content (AvgIpc) is 2.55. The highest BCUT2D eigenvalue weighted by Crippen LogP contribution is 2.25. The van der Waals surface area contributed by atoms with Crippen LogP contribution in [0.5, 0.6) is 0 Å². The Morgan fingerprint density at radius 2 is 1.71 bits per heavy atom. The van der Waals surface area contributed by atoms with Gasteiger partial charge in [0, 0.05) is 30.4 Å². The molecule has 0 saturated carbocycles. The largest absolute Gasteiger partial charge is 0.375 e. The number of carbonyl (C=O) groups excluding carboxylic acids is 2. The minimum atomic E-state index is -0.238. The van der Waals surface area contributed by atoms with Gasteiger partial charge in [0.15, 0.2) is 0 Å². The molecular weight excluding hydrogens is 349 g/mol. The first-order valence-corrected chi connectivity index (χ1v) is 7.93. The number of hydrogen-bond donors (Lipinski definition) is 2. The van der Waals surface area contributed by atoms with E-state index in [1.807, 2.05) is 0 Å². The molecule has 0 atom stereocenters. The Labute approximate surface area is 150 Å². The maximum Gasteiger partial charge on any atom is 0.253 e. The second kappa shape index (κ2) is 8.04. The van der Waals surface area contributed by atoms with E-state index >= 15 is 0 Å². The summed E-state index contributed by atoms with van der Waals surface area (Å²) in [5.74, 6) is -0.331. The molecule has 0 heterocycles. The molecule has 2 aromatic rings. The second-order valence-electron chi connectivity index (χ2n) is 5.30. The third-order valence-corrected chi connectivity index (χ3v) is 3.75. The molecule has 2 rings (SSSR count). The minimum Gasteiger partial charge on any atom is -0.375 e. The maximum absolute atomic E-state index is 12.0. The van der Waals surface area contributed by atoms with E-state index in [4.69, 9.17) is 23.2 Å². The number of halogens is 2. The molecule has 2 N–H and O–H groups in total. The molecule has 0 bridgehead atoms. The average molecular weight is 366 g/mol. The van der Waals surface area contributed by atoms with E-state index in [2.05, 4.69) is 10.6 Å². The summed E-state index contributed by atoms with van der Waals surface area (Å²) in [6.07, 6.45) is 0. The lowest BCUT2D eigenvalue weighted by Gasteiger charge is -2.12. The second-order valence-corrected chi connectivity index (χ2v) is 6.15. The van der Waals surface area contributed by atoms with E-state index in [0.29, 0.717) is 27.0 Å². The number of amides is 2. The first-order chi connectivity index (χ1) is 11.4. The highest BCUT2D eigenvalue weighted by atomic mass is 35.5. The zero-order chi connectivity index (χ0) is 17.7. The first-order valence-electron chi connectivity index (χ1n) is 7.17. The van der Waals surface area contributed by atoms with Crippen LogP contribution >= 0.6 is 23.2 Å². The van der Waals surface area contributed by atoms with E-state index in [1.165, 1.54) is 4.90 Å². The van der Waals surface area contributed by atoms with Crippen molar-refractivity contribution in [1.82, 2.24) is 4.90 Å². The highest BCUT2D eigenvalue weighted by Gasteiger charge is 2.09. The van der Waals surface area contributed by atoms with Crippen LogP contribution in [-0.4, -0.2) is 37.4 Å². The molecule has 24 heavy (non-hydrogen) atoms. The molecule has 0 saturated heterocycles. The van der Waals surface area contributed by atoms with Gasteiger partial charge in [-0.25, -0.2) is 0 Å². The molecule has 0 aliphatic carbocycles. The Bertz CT molecular complexity index is 746. The summed E-state index contributed by atoms with van der Waals surface area (Å²) in [5.41, 5.74) is 1.75. The zero-order valence-corrected chi connectivity index (χ0v) is 14.8. The predicted molar refractivity (Wildman–Crippen MR) is 98.0 cm³/mol. The summed E-state index contributed by atoms with van der Waals surface area (Å²) >= 11 is 11.9. The van der Waals surface area contributed by atoms with Gasteiger partial charge >= 0.3 is 0 Å². The SMILES string of the molecule is CN(C)C(=O)c1ccc(NC(=O)CNc2cc(Cl)ccc2Cl)cc1. The van der Waals surface area contributed by atoms with Crippen molar-refractivity contribution in [2.45, 2.75) is 0 Å². The van der Waals surface area contributed by atoms with Crippen LogP contribution in [-0.2, 0) is 4.79 Å². The number of nitrogens with zero attached hydrogens (tertiary/aromatic N) is 1. The van der Waals surface area contributed by atoms with Gasteiger partial charge in [-0.3, -0.25) is 9.59 Å². The fourth-order valence-electron chi connectivity index (χ4n) is 1.97. The Hall–Kier alpha value is -2.24. The first kappa shape index (κ1) is 18.1. The fraction of sp³-hybridized carbons (Fsp3) is 0.176. The number of carbonyl (C=O) groups is 2. The fourth-order valence-corrected chi connectivity index (χ4v) is 2.32. The van der Waals surface area contributed by atoms with Crippen LogP contribution in [0.1, 0.15) is 10.4 Å². The predicted octanol–water partition coefficient (Wildman–Crippen LogP) is 3.75. The summed E-state index contributed by atoms with van der Waals surface area (Å²) < 4.78 is 0. The topological polar surface area (TPSA) is 61.4 Å². The van der Waals surface area contributed by atoms with Crippen molar-refractivity contribution in [2.75, 3.05) is 31.3 Å². The molecule has 0 aliphatic heterocycles. The summed E-state index contributed by atoms with van der Waals surface area (Å²) in [5, 5.41) is 6.68. The summed E-state index contributed by atoms with van der Waals surface area (Å²) in [6, 6.07) is 11.7. The van der Waals surface area contributed by atoms with Gasteiger partial charge in [-0.05, 0) is 42.5 Å². The van der Waals surface area contributed by atoms with Crippen LogP contribution in [0.3, 0.4) is 0 Å². The van der Waals surface area contributed by atoms with Gasteiger partial charge < -0.3 is 15.5 Å². The van der Waals surface area contributed by atoms with Crippen molar-refractivity contribution in [2.24, 2.45) is 0 Å². The van der Waals surface area contributed by atoms with Crippen molar-refractivity contribution in [3.05, 3.63) is 58.1 Å². The van der Waals surface area contributed by atoms with Crippen molar-refractivity contribution >= 4 is 46.4 Å². The maximum atomic E-state index is 12.0. The summed E-state index contributed by atoms with van der Waals surface area (Å²) in [6.45, 7) is 0.0401. The summed E-state index contributed by atoms with van der Waals surface area (Å²) in [7, 11) is 3.37. The van der Waals surface area contributed by atoms with Crippen molar-refractivity contribution < 1.29 is 9.59 Å². The summed E-state index contributed by atoms with van der Waals surface area (Å²) in [4.78, 5) is 25.3. The molecule has 126 valence electrons. The Morgan fingerprint density at radius 1 is 1.04 bits per heavy atom. The van der Waals surface area contributed by atoms with Gasteiger partial charge in [0.1, 0.15) is 0 Å². The quantitative estimate of drug-likeness (QED) is 0.847. The van der Waals surface area contributed by atoms with Gasteiger partial charge in [0.25, 0.3) is 5.91 Å². The smallest absolute Gasteiger partial charge is 0.253 e. The lowest BCUT2D eigenvalue weighted by Crippen LogP contribution is -2.23. The molecule has 0 radical (unpaired) electrons. The van der Waals surface area contributed by atoms with Crippen LogP contribution in [0.15, 0.2) is 42.5 Å². The molecular formula is C17H17Cl2N3O2. The van der Waals surface area contributed by atoms with Crippen LogP contribution in [0, 0.1) is 0 Å². The lowest BCUT2D eigenvalue weighted by molar-refractivity contribution is -0.114. The van der Waals surface area contributed by atoms with E-state index in [-0.39, 0.29) is 18.4 Å². The molecule has 0 aliphatic rings. The van der Waals surface area contributed by atoms with E-state index in [0.717, 1.165) is 0 Å². The number of nitrogens with one attached hydrogen (secondary N) is 2. The third-order valence-electron chi connectivity index (χ3n) is 3.19. The van der Waals surface area contributed by atoms with Gasteiger partial charge in [-0.15, -0.1) is 0 Å². The van der Waals surface area contributed by atoms with Crippen LogP contribution in [0.2, 0.25) is 10.0 Å². The number of benzene rings is 2. The molecule has 0 fully saturated rings. The monoisotopic (exact) mass is 365 g/mol. The molecule has 5 nitrogen and oxygen atoms in total. The lowest BCUT2D eigenvalue weighted by atomic mass is 10.2. The molecule has 2 aromatic carbocycles. The van der Waals surface area contributed by atoms with Crippen molar-refractivity contribution in [3.63, 3.8) is 0 Å². The number of hydrogen-bond acceptors (Lipinski definition) is 3. The Balaban J connectivity index is 1.92. The molecule has 7 heteroatoms.